The van der Waals surface area contributed by atoms with Crippen molar-refractivity contribution in [3.63, 3.8) is 0 Å². The van der Waals surface area contributed by atoms with E-state index in [4.69, 9.17) is 0 Å². The van der Waals surface area contributed by atoms with Crippen LogP contribution in [0.3, 0.4) is 0 Å². The first-order valence-corrected chi connectivity index (χ1v) is 8.68. The molecule has 1 aromatic heterocycles. The van der Waals surface area contributed by atoms with Crippen molar-refractivity contribution in [2.24, 2.45) is 0 Å². The van der Waals surface area contributed by atoms with Crippen LogP contribution in [-0.2, 0) is 9.59 Å². The van der Waals surface area contributed by atoms with E-state index in [1.165, 1.54) is 0 Å². The molecule has 5 nitrogen and oxygen atoms in total. The topological polar surface area (TPSA) is 62.3 Å². The predicted octanol–water partition coefficient (Wildman–Crippen LogP) is 3.15. The van der Waals surface area contributed by atoms with Crippen LogP contribution in [0.4, 0.5) is 5.69 Å². The van der Waals surface area contributed by atoms with Crippen molar-refractivity contribution in [2.45, 2.75) is 25.7 Å². The van der Waals surface area contributed by atoms with Gasteiger partial charge in [0.25, 0.3) is 0 Å². The second-order valence-electron chi connectivity index (χ2n) is 5.59. The second-order valence-corrected chi connectivity index (χ2v) is 6.48. The number of amides is 2. The highest BCUT2D eigenvalue weighted by atomic mass is 32.1. The zero-order valence-electron chi connectivity index (χ0n) is 12.8. The summed E-state index contributed by atoms with van der Waals surface area (Å²) >= 11 is 1.58. The lowest BCUT2D eigenvalue weighted by molar-refractivity contribution is -0.134. The van der Waals surface area contributed by atoms with Crippen LogP contribution in [0.2, 0.25) is 0 Å². The lowest BCUT2D eigenvalue weighted by Crippen LogP contribution is -2.37. The van der Waals surface area contributed by atoms with E-state index < -0.39 is 0 Å². The fourth-order valence-electron chi connectivity index (χ4n) is 2.64. The summed E-state index contributed by atoms with van der Waals surface area (Å²) in [4.78, 5) is 30.0. The Kier molecular flexibility index (Phi) is 5.02. The van der Waals surface area contributed by atoms with E-state index in [1.807, 2.05) is 29.6 Å². The average Bonchev–Trinajstić information content (AvgIpc) is 3.01. The zero-order valence-corrected chi connectivity index (χ0v) is 13.6. The number of nitrogens with zero attached hydrogens (tertiary/aromatic N) is 2. The van der Waals surface area contributed by atoms with Crippen LogP contribution in [0.15, 0.2) is 35.8 Å². The Labute approximate surface area is 139 Å². The molecule has 1 N–H and O–H groups in total. The van der Waals surface area contributed by atoms with Crippen LogP contribution >= 0.6 is 11.3 Å². The number of thiazole rings is 1. The highest BCUT2D eigenvalue weighted by Gasteiger charge is 2.19. The minimum absolute atomic E-state index is 0.0803. The van der Waals surface area contributed by atoms with E-state index >= 15 is 0 Å². The first-order chi connectivity index (χ1) is 11.2. The SMILES string of the molecule is O=C(CN1CCCCCC1=O)Nc1ccc(-c2nccs2)cc1. The summed E-state index contributed by atoms with van der Waals surface area (Å²) in [6, 6.07) is 7.59. The molecule has 1 fully saturated rings. The highest BCUT2D eigenvalue weighted by Crippen LogP contribution is 2.23. The van der Waals surface area contributed by atoms with Crippen LogP contribution in [-0.4, -0.2) is 34.8 Å². The van der Waals surface area contributed by atoms with Gasteiger partial charge >= 0.3 is 0 Å². The third kappa shape index (κ3) is 4.16. The van der Waals surface area contributed by atoms with Crippen LogP contribution in [0, 0.1) is 0 Å². The molecule has 0 radical (unpaired) electrons. The Morgan fingerprint density at radius 2 is 2.04 bits per heavy atom. The summed E-state index contributed by atoms with van der Waals surface area (Å²) in [5.41, 5.74) is 1.76. The third-order valence-corrected chi connectivity index (χ3v) is 4.68. The van der Waals surface area contributed by atoms with Gasteiger partial charge in [0.2, 0.25) is 11.8 Å². The molecule has 6 heteroatoms. The van der Waals surface area contributed by atoms with E-state index in [0.29, 0.717) is 13.0 Å². The Hall–Kier alpha value is -2.21. The fraction of sp³-hybridized carbons (Fsp3) is 0.353. The summed E-state index contributed by atoms with van der Waals surface area (Å²) in [6.45, 7) is 0.808. The molecule has 1 aliphatic rings. The van der Waals surface area contributed by atoms with Crippen molar-refractivity contribution in [1.82, 2.24) is 9.88 Å². The molecule has 0 unspecified atom stereocenters. The maximum atomic E-state index is 12.1. The maximum Gasteiger partial charge on any atom is 0.243 e. The number of hydrogen-bond acceptors (Lipinski definition) is 4. The number of anilines is 1. The number of aromatic nitrogens is 1. The van der Waals surface area contributed by atoms with Gasteiger partial charge in [0.15, 0.2) is 0 Å². The molecule has 3 rings (SSSR count). The summed E-state index contributed by atoms with van der Waals surface area (Å²) < 4.78 is 0. The Morgan fingerprint density at radius 3 is 2.78 bits per heavy atom. The predicted molar refractivity (Wildman–Crippen MR) is 91.2 cm³/mol. The lowest BCUT2D eigenvalue weighted by atomic mass is 10.2. The smallest absolute Gasteiger partial charge is 0.243 e. The summed E-state index contributed by atoms with van der Waals surface area (Å²) in [5, 5.41) is 5.74. The summed E-state index contributed by atoms with van der Waals surface area (Å²) in [7, 11) is 0. The fourth-order valence-corrected chi connectivity index (χ4v) is 3.29. The van der Waals surface area contributed by atoms with Crippen molar-refractivity contribution in [3.05, 3.63) is 35.8 Å². The molecule has 0 saturated carbocycles. The standard InChI is InChI=1S/C17H19N3O2S/c21-15(12-20-10-3-1-2-4-16(20)22)19-14-7-5-13(6-8-14)17-18-9-11-23-17/h5-9,11H,1-4,10,12H2,(H,19,21). The molecule has 1 saturated heterocycles. The van der Waals surface area contributed by atoms with Gasteiger partial charge in [-0.05, 0) is 37.1 Å². The van der Waals surface area contributed by atoms with Crippen LogP contribution in [0.1, 0.15) is 25.7 Å². The van der Waals surface area contributed by atoms with Gasteiger partial charge in [-0.3, -0.25) is 9.59 Å². The average molecular weight is 329 g/mol. The van der Waals surface area contributed by atoms with E-state index in [0.717, 1.165) is 35.5 Å². The molecule has 0 bridgehead atoms. The van der Waals surface area contributed by atoms with E-state index in [1.54, 1.807) is 22.4 Å². The van der Waals surface area contributed by atoms with E-state index in [9.17, 15) is 9.59 Å². The first-order valence-electron chi connectivity index (χ1n) is 7.80. The van der Waals surface area contributed by atoms with E-state index in [2.05, 4.69) is 10.3 Å². The summed E-state index contributed by atoms with van der Waals surface area (Å²) in [5.74, 6) is -0.0704. The van der Waals surface area contributed by atoms with Gasteiger partial charge in [0, 0.05) is 35.8 Å². The van der Waals surface area contributed by atoms with Crippen LogP contribution in [0.5, 0.6) is 0 Å². The minimum atomic E-state index is -0.151. The number of carbonyl (C=O) groups is 2. The summed E-state index contributed by atoms with van der Waals surface area (Å²) in [6.07, 6.45) is 5.28. The number of benzene rings is 1. The molecule has 0 atom stereocenters. The molecular formula is C17H19N3O2S. The van der Waals surface area contributed by atoms with Gasteiger partial charge in [0.05, 0.1) is 6.54 Å². The molecular weight excluding hydrogens is 310 g/mol. The van der Waals surface area contributed by atoms with Crippen molar-refractivity contribution >= 4 is 28.8 Å². The molecule has 0 aliphatic carbocycles. The largest absolute Gasteiger partial charge is 0.333 e. The van der Waals surface area contributed by atoms with Crippen molar-refractivity contribution in [1.29, 1.82) is 0 Å². The molecule has 2 amide bonds. The molecule has 1 aliphatic heterocycles. The molecule has 0 spiro atoms. The lowest BCUT2D eigenvalue weighted by Gasteiger charge is -2.19. The quantitative estimate of drug-likeness (QED) is 0.937. The molecule has 1 aromatic carbocycles. The molecule has 2 heterocycles. The number of likely N-dealkylation sites (tertiary alicyclic amines) is 1. The van der Waals surface area contributed by atoms with Gasteiger partial charge in [-0.15, -0.1) is 11.3 Å². The highest BCUT2D eigenvalue weighted by molar-refractivity contribution is 7.13. The van der Waals surface area contributed by atoms with E-state index in [-0.39, 0.29) is 18.4 Å². The Morgan fingerprint density at radius 1 is 1.22 bits per heavy atom. The molecule has 120 valence electrons. The van der Waals surface area contributed by atoms with Crippen molar-refractivity contribution in [3.8, 4) is 10.6 Å². The van der Waals surface area contributed by atoms with Gasteiger partial charge in [-0.2, -0.15) is 0 Å². The Balaban J connectivity index is 1.58. The number of carbonyl (C=O) groups excluding carboxylic acids is 2. The third-order valence-electron chi connectivity index (χ3n) is 3.85. The number of nitrogens with one attached hydrogen (secondary N) is 1. The number of hydrogen-bond donors (Lipinski definition) is 1. The number of rotatable bonds is 4. The van der Waals surface area contributed by atoms with Crippen molar-refractivity contribution < 1.29 is 9.59 Å². The van der Waals surface area contributed by atoms with Gasteiger partial charge in [0.1, 0.15) is 5.01 Å². The Bertz CT molecular complexity index is 668. The molecule has 23 heavy (non-hydrogen) atoms. The molecule has 2 aromatic rings. The van der Waals surface area contributed by atoms with Crippen LogP contribution in [0.25, 0.3) is 10.6 Å². The monoisotopic (exact) mass is 329 g/mol. The zero-order chi connectivity index (χ0) is 16.1. The van der Waals surface area contributed by atoms with Crippen LogP contribution < -0.4 is 5.32 Å². The minimum Gasteiger partial charge on any atom is -0.333 e. The van der Waals surface area contributed by atoms with Gasteiger partial charge in [-0.25, -0.2) is 4.98 Å². The van der Waals surface area contributed by atoms with Gasteiger partial charge < -0.3 is 10.2 Å². The van der Waals surface area contributed by atoms with Gasteiger partial charge in [-0.1, -0.05) is 6.42 Å². The first kappa shape index (κ1) is 15.7. The second kappa shape index (κ2) is 7.37. The maximum absolute atomic E-state index is 12.1. The normalized spacial score (nSPS) is 15.3. The van der Waals surface area contributed by atoms with Crippen molar-refractivity contribution in [2.75, 3.05) is 18.4 Å².